The molecule has 2 N–H and O–H groups in total. The predicted molar refractivity (Wildman–Crippen MR) is 110 cm³/mol. The van der Waals surface area contributed by atoms with Gasteiger partial charge in [0.2, 0.25) is 0 Å². The van der Waals surface area contributed by atoms with Crippen molar-refractivity contribution >= 4 is 29.8 Å². The van der Waals surface area contributed by atoms with Crippen LogP contribution in [0.15, 0.2) is 29.2 Å². The Morgan fingerprint density at radius 2 is 1.58 bits per heavy atom. The van der Waals surface area contributed by atoms with Crippen molar-refractivity contribution in [2.45, 2.75) is 62.4 Å². The zero-order valence-corrected chi connectivity index (χ0v) is 17.6. The molecule has 1 aromatic rings. The topological polar surface area (TPSA) is 41.1 Å². The van der Waals surface area contributed by atoms with Gasteiger partial charge < -0.3 is 10.1 Å². The van der Waals surface area contributed by atoms with Crippen LogP contribution in [-0.2, 0) is 4.79 Å². The molecule has 0 saturated heterocycles. The van der Waals surface area contributed by atoms with Gasteiger partial charge in [-0.25, -0.2) is 4.72 Å². The minimum absolute atomic E-state index is 0.510. The highest BCUT2D eigenvalue weighted by molar-refractivity contribution is 7.97. The molecule has 1 aromatic carbocycles. The molecule has 4 bridgehead atoms. The lowest BCUT2D eigenvalue weighted by Gasteiger charge is -2.54. The number of carbonyl (C=O) groups is 1. The molecule has 4 aliphatic rings. The molecule has 0 aliphatic heterocycles. The lowest BCUT2D eigenvalue weighted by atomic mass is 9.54. The van der Waals surface area contributed by atoms with Gasteiger partial charge in [-0.05, 0) is 113 Å². The van der Waals surface area contributed by atoms with Crippen molar-refractivity contribution in [1.82, 2.24) is 10.0 Å². The van der Waals surface area contributed by atoms with Crippen LogP contribution in [0.25, 0.3) is 0 Å². The van der Waals surface area contributed by atoms with Crippen LogP contribution in [0, 0.1) is 23.7 Å². The Bertz CT molecular complexity index is 577. The standard InChI is InChI=1S/C11H19N.C10H12ClNOS/c1-12-11-9-3-7-2-8(5-9)6-10(11)4-7;1-10(2,7-13)12-14-9-5-3-8(11)4-6-9/h7-12H,2-6H2,1H3;3-7,12H,1-2H3. The summed E-state index contributed by atoms with van der Waals surface area (Å²) in [5, 5.41) is 4.26. The smallest absolute Gasteiger partial charge is 0.140 e. The molecular weight excluding hydrogens is 364 g/mol. The molecule has 0 amide bonds. The van der Waals surface area contributed by atoms with Gasteiger partial charge >= 0.3 is 0 Å². The third kappa shape index (κ3) is 5.03. The zero-order chi connectivity index (χ0) is 18.7. The summed E-state index contributed by atoms with van der Waals surface area (Å²) in [6.45, 7) is 3.64. The number of carbonyl (C=O) groups excluding carboxylic acids is 1. The molecule has 26 heavy (non-hydrogen) atoms. The highest BCUT2D eigenvalue weighted by Gasteiger charge is 2.47. The van der Waals surface area contributed by atoms with Gasteiger partial charge in [-0.15, -0.1) is 0 Å². The number of aldehydes is 1. The van der Waals surface area contributed by atoms with Gasteiger partial charge in [0, 0.05) is 16.0 Å². The molecule has 144 valence electrons. The van der Waals surface area contributed by atoms with Gasteiger partial charge in [0.25, 0.3) is 0 Å². The fourth-order valence-corrected chi connectivity index (χ4v) is 5.94. The Labute approximate surface area is 167 Å². The molecular formula is C21H31ClN2OS. The first-order valence-electron chi connectivity index (χ1n) is 9.73. The Morgan fingerprint density at radius 3 is 2.04 bits per heavy atom. The normalized spacial score (nSPS) is 32.1. The van der Waals surface area contributed by atoms with Crippen LogP contribution in [-0.4, -0.2) is 24.9 Å². The highest BCUT2D eigenvalue weighted by Crippen LogP contribution is 2.53. The van der Waals surface area contributed by atoms with E-state index in [1.54, 1.807) is 32.1 Å². The molecule has 0 heterocycles. The predicted octanol–water partition coefficient (Wildman–Crippen LogP) is 4.94. The Hall–Kier alpha value is -0.550. The molecule has 5 heteroatoms. The maximum atomic E-state index is 10.6. The average molecular weight is 395 g/mol. The summed E-state index contributed by atoms with van der Waals surface area (Å²) in [5.41, 5.74) is -0.510. The van der Waals surface area contributed by atoms with E-state index in [4.69, 9.17) is 11.6 Å². The zero-order valence-electron chi connectivity index (χ0n) is 16.0. The number of rotatable bonds is 5. The van der Waals surface area contributed by atoms with Gasteiger partial charge in [0.05, 0.1) is 5.54 Å². The number of nitrogens with one attached hydrogen (secondary N) is 2. The van der Waals surface area contributed by atoms with Crippen LogP contribution < -0.4 is 10.0 Å². The molecule has 0 aromatic heterocycles. The van der Waals surface area contributed by atoms with Crippen molar-refractivity contribution in [3.05, 3.63) is 29.3 Å². The molecule has 0 spiro atoms. The van der Waals surface area contributed by atoms with Crippen LogP contribution in [0.3, 0.4) is 0 Å². The minimum Gasteiger partial charge on any atom is -0.316 e. The van der Waals surface area contributed by atoms with E-state index in [0.717, 1.165) is 40.9 Å². The van der Waals surface area contributed by atoms with E-state index in [1.807, 2.05) is 38.1 Å². The molecule has 5 rings (SSSR count). The number of halogens is 1. The molecule has 4 aliphatic carbocycles. The van der Waals surface area contributed by atoms with Gasteiger partial charge in [-0.2, -0.15) is 0 Å². The van der Waals surface area contributed by atoms with Gasteiger partial charge in [0.15, 0.2) is 0 Å². The Morgan fingerprint density at radius 1 is 1.04 bits per heavy atom. The summed E-state index contributed by atoms with van der Waals surface area (Å²) in [6.07, 6.45) is 8.62. The monoisotopic (exact) mass is 394 g/mol. The Balaban J connectivity index is 0.000000152. The second-order valence-electron chi connectivity index (χ2n) is 8.74. The summed E-state index contributed by atoms with van der Waals surface area (Å²) < 4.78 is 3.05. The molecule has 4 fully saturated rings. The van der Waals surface area contributed by atoms with Crippen LogP contribution in [0.1, 0.15) is 46.0 Å². The van der Waals surface area contributed by atoms with Crippen LogP contribution >= 0.6 is 23.5 Å². The van der Waals surface area contributed by atoms with E-state index in [9.17, 15) is 4.79 Å². The quantitative estimate of drug-likeness (QED) is 0.548. The van der Waals surface area contributed by atoms with Crippen molar-refractivity contribution in [2.75, 3.05) is 7.05 Å². The lowest BCUT2D eigenvalue weighted by Crippen LogP contribution is -2.53. The average Bonchev–Trinajstić information content (AvgIpc) is 2.61. The SMILES string of the molecule is CC(C)(C=O)NSc1ccc(Cl)cc1.CNC1C2CC3CC(C2)CC1C3. The van der Waals surface area contributed by atoms with E-state index >= 15 is 0 Å². The third-order valence-electron chi connectivity index (χ3n) is 6.10. The molecule has 0 unspecified atom stereocenters. The number of hydrogen-bond acceptors (Lipinski definition) is 4. The third-order valence-corrected chi connectivity index (χ3v) is 7.49. The molecule has 0 atom stereocenters. The maximum absolute atomic E-state index is 10.6. The lowest BCUT2D eigenvalue weighted by molar-refractivity contribution is -0.111. The fourth-order valence-electron chi connectivity index (χ4n) is 5.11. The summed E-state index contributed by atoms with van der Waals surface area (Å²) in [4.78, 5) is 11.6. The van der Waals surface area contributed by atoms with E-state index < -0.39 is 5.54 Å². The van der Waals surface area contributed by atoms with Gasteiger partial charge in [-0.3, -0.25) is 0 Å². The highest BCUT2D eigenvalue weighted by atomic mass is 35.5. The van der Waals surface area contributed by atoms with E-state index in [2.05, 4.69) is 17.1 Å². The van der Waals surface area contributed by atoms with Gasteiger partial charge in [0.1, 0.15) is 6.29 Å². The van der Waals surface area contributed by atoms with Crippen LogP contribution in [0.5, 0.6) is 0 Å². The van der Waals surface area contributed by atoms with Crippen molar-refractivity contribution < 1.29 is 4.79 Å². The van der Waals surface area contributed by atoms with Crippen molar-refractivity contribution in [3.8, 4) is 0 Å². The minimum atomic E-state index is -0.510. The summed E-state index contributed by atoms with van der Waals surface area (Å²) >= 11 is 7.16. The largest absolute Gasteiger partial charge is 0.316 e. The van der Waals surface area contributed by atoms with E-state index in [-0.39, 0.29) is 0 Å². The van der Waals surface area contributed by atoms with Crippen molar-refractivity contribution in [1.29, 1.82) is 0 Å². The van der Waals surface area contributed by atoms with Crippen molar-refractivity contribution in [3.63, 3.8) is 0 Å². The number of hydrogen-bond donors (Lipinski definition) is 2. The Kier molecular flexibility index (Phi) is 6.71. The summed E-state index contributed by atoms with van der Waals surface area (Å²) in [6, 6.07) is 8.33. The summed E-state index contributed by atoms with van der Waals surface area (Å²) in [7, 11) is 2.16. The van der Waals surface area contributed by atoms with Crippen LogP contribution in [0.2, 0.25) is 5.02 Å². The molecule has 4 saturated carbocycles. The van der Waals surface area contributed by atoms with Gasteiger partial charge in [-0.1, -0.05) is 11.6 Å². The molecule has 0 radical (unpaired) electrons. The van der Waals surface area contributed by atoms with Crippen LogP contribution in [0.4, 0.5) is 0 Å². The first-order chi connectivity index (χ1) is 12.4. The second kappa shape index (κ2) is 8.64. The van der Waals surface area contributed by atoms with E-state index in [0.29, 0.717) is 5.02 Å². The first kappa shape index (κ1) is 20.2. The fraction of sp³-hybridized carbons (Fsp3) is 0.667. The molecule has 3 nitrogen and oxygen atoms in total. The maximum Gasteiger partial charge on any atom is 0.140 e. The van der Waals surface area contributed by atoms with Crippen molar-refractivity contribution in [2.24, 2.45) is 23.7 Å². The second-order valence-corrected chi connectivity index (χ2v) is 10.1. The number of benzene rings is 1. The first-order valence-corrected chi connectivity index (χ1v) is 10.9. The van der Waals surface area contributed by atoms with E-state index in [1.165, 1.54) is 11.9 Å². The summed E-state index contributed by atoms with van der Waals surface area (Å²) in [5.74, 6) is 4.34.